The number of hydrogen-bond donors (Lipinski definition) is 0. The van der Waals surface area contributed by atoms with Crippen LogP contribution in [-0.2, 0) is 4.79 Å². The molecule has 0 radical (unpaired) electrons. The quantitative estimate of drug-likeness (QED) is 0.674. The molecule has 1 fully saturated rings. The van der Waals surface area contributed by atoms with Crippen LogP contribution >= 0.6 is 0 Å². The fourth-order valence-corrected chi connectivity index (χ4v) is 2.06. The summed E-state index contributed by atoms with van der Waals surface area (Å²) in [6, 6.07) is 0. The van der Waals surface area contributed by atoms with Crippen LogP contribution in [0.2, 0.25) is 0 Å². The summed E-state index contributed by atoms with van der Waals surface area (Å²) < 4.78 is 37.3. The fourth-order valence-electron chi connectivity index (χ4n) is 2.06. The summed E-state index contributed by atoms with van der Waals surface area (Å²) in [5, 5.41) is 0. The number of allylic oxidation sites excluding steroid dienone is 2. The van der Waals surface area contributed by atoms with Gasteiger partial charge in [0.2, 0.25) is 0 Å². The van der Waals surface area contributed by atoms with Gasteiger partial charge in [0.05, 0.1) is 0 Å². The van der Waals surface area contributed by atoms with Gasteiger partial charge in [-0.05, 0) is 25.3 Å². The molecule has 1 rings (SSSR count). The van der Waals surface area contributed by atoms with Crippen LogP contribution in [0.15, 0.2) is 11.6 Å². The molecule has 0 heterocycles. The maximum atomic E-state index is 12.4. The summed E-state index contributed by atoms with van der Waals surface area (Å²) in [7, 11) is 0. The van der Waals surface area contributed by atoms with Gasteiger partial charge >= 0.3 is 6.18 Å². The third-order valence-electron chi connectivity index (χ3n) is 3.07. The molecule has 0 unspecified atom stereocenters. The van der Waals surface area contributed by atoms with E-state index in [0.717, 1.165) is 38.2 Å². The topological polar surface area (TPSA) is 17.1 Å². The van der Waals surface area contributed by atoms with E-state index in [1.807, 2.05) is 0 Å². The molecule has 16 heavy (non-hydrogen) atoms. The van der Waals surface area contributed by atoms with Crippen LogP contribution in [0.3, 0.4) is 0 Å². The monoisotopic (exact) mass is 234 g/mol. The van der Waals surface area contributed by atoms with Crippen LogP contribution < -0.4 is 0 Å². The summed E-state index contributed by atoms with van der Waals surface area (Å²) >= 11 is 0. The Hall–Kier alpha value is -0.800. The third kappa shape index (κ3) is 3.65. The van der Waals surface area contributed by atoms with Crippen LogP contribution in [0, 0.1) is 5.92 Å². The van der Waals surface area contributed by atoms with E-state index < -0.39 is 11.7 Å². The van der Waals surface area contributed by atoms with Crippen LogP contribution in [0.1, 0.15) is 45.4 Å². The largest absolute Gasteiger partial charge is 0.412 e. The molecule has 0 saturated heterocycles. The SMILES string of the molecule is CC/C(=C\C(=O)C1CCCCC1)C(F)(F)F. The van der Waals surface area contributed by atoms with E-state index in [2.05, 4.69) is 0 Å². The molecule has 0 aromatic carbocycles. The second-order valence-electron chi connectivity index (χ2n) is 4.26. The smallest absolute Gasteiger partial charge is 0.295 e. The molecule has 0 amide bonds. The number of rotatable bonds is 3. The molecule has 0 aromatic heterocycles. The van der Waals surface area contributed by atoms with E-state index in [0.29, 0.717) is 0 Å². The minimum atomic E-state index is -4.36. The summed E-state index contributed by atoms with van der Waals surface area (Å²) in [5.41, 5.74) is -0.705. The molecule has 0 N–H and O–H groups in total. The van der Waals surface area contributed by atoms with Crippen molar-refractivity contribution < 1.29 is 18.0 Å². The predicted molar refractivity (Wildman–Crippen MR) is 56.0 cm³/mol. The molecule has 92 valence electrons. The molecule has 0 spiro atoms. The molecular weight excluding hydrogens is 217 g/mol. The summed E-state index contributed by atoms with van der Waals surface area (Å²) in [4.78, 5) is 11.6. The maximum absolute atomic E-state index is 12.4. The second kappa shape index (κ2) is 5.51. The highest BCUT2D eigenvalue weighted by molar-refractivity contribution is 5.92. The predicted octanol–water partition coefficient (Wildman–Crippen LogP) is 4.03. The van der Waals surface area contributed by atoms with Crippen molar-refractivity contribution in [1.82, 2.24) is 0 Å². The van der Waals surface area contributed by atoms with Crippen molar-refractivity contribution in [3.63, 3.8) is 0 Å². The Labute approximate surface area is 93.7 Å². The molecule has 4 heteroatoms. The van der Waals surface area contributed by atoms with Crippen LogP contribution in [-0.4, -0.2) is 12.0 Å². The molecule has 1 aliphatic rings. The van der Waals surface area contributed by atoms with Crippen LogP contribution in [0.4, 0.5) is 13.2 Å². The van der Waals surface area contributed by atoms with Gasteiger partial charge in [-0.1, -0.05) is 26.2 Å². The zero-order chi connectivity index (χ0) is 12.2. The van der Waals surface area contributed by atoms with Crippen molar-refractivity contribution in [3.05, 3.63) is 11.6 Å². The first-order chi connectivity index (χ1) is 7.45. The molecule has 1 saturated carbocycles. The zero-order valence-corrected chi connectivity index (χ0v) is 9.44. The Balaban J connectivity index is 2.69. The van der Waals surface area contributed by atoms with Crippen molar-refractivity contribution in [3.8, 4) is 0 Å². The molecular formula is C12H17F3O. The summed E-state index contributed by atoms with van der Waals surface area (Å²) in [6.07, 6.45) is 0.800. The van der Waals surface area contributed by atoms with Gasteiger partial charge in [0, 0.05) is 11.5 Å². The minimum absolute atomic E-state index is 0.137. The van der Waals surface area contributed by atoms with Crippen molar-refractivity contribution >= 4 is 5.78 Å². The van der Waals surface area contributed by atoms with Gasteiger partial charge in [-0.25, -0.2) is 0 Å². The zero-order valence-electron chi connectivity index (χ0n) is 9.44. The molecule has 0 aromatic rings. The summed E-state index contributed by atoms with van der Waals surface area (Å²) in [6.45, 7) is 1.42. The van der Waals surface area contributed by atoms with E-state index in [-0.39, 0.29) is 18.1 Å². The fraction of sp³-hybridized carbons (Fsp3) is 0.750. The first-order valence-electron chi connectivity index (χ1n) is 5.76. The van der Waals surface area contributed by atoms with Crippen molar-refractivity contribution in [1.29, 1.82) is 0 Å². The van der Waals surface area contributed by atoms with E-state index in [9.17, 15) is 18.0 Å². The van der Waals surface area contributed by atoms with Gasteiger partial charge in [0.1, 0.15) is 0 Å². The number of alkyl halides is 3. The third-order valence-corrected chi connectivity index (χ3v) is 3.07. The lowest BCUT2D eigenvalue weighted by Gasteiger charge is -2.19. The van der Waals surface area contributed by atoms with E-state index >= 15 is 0 Å². The van der Waals surface area contributed by atoms with E-state index in [4.69, 9.17) is 0 Å². The minimum Gasteiger partial charge on any atom is -0.295 e. The van der Waals surface area contributed by atoms with Crippen molar-refractivity contribution in [2.24, 2.45) is 5.92 Å². The van der Waals surface area contributed by atoms with Crippen molar-refractivity contribution in [2.75, 3.05) is 0 Å². The standard InChI is InChI=1S/C12H17F3O/c1-2-10(12(13,14)15)8-11(16)9-6-4-3-5-7-9/h8-9H,2-7H2,1H3/b10-8+. The van der Waals surface area contributed by atoms with Gasteiger partial charge in [-0.3, -0.25) is 4.79 Å². The Morgan fingerprint density at radius 3 is 2.25 bits per heavy atom. The molecule has 0 aliphatic heterocycles. The van der Waals surface area contributed by atoms with Crippen LogP contribution in [0.25, 0.3) is 0 Å². The Morgan fingerprint density at radius 1 is 1.25 bits per heavy atom. The van der Waals surface area contributed by atoms with Gasteiger partial charge in [0.25, 0.3) is 0 Å². The van der Waals surface area contributed by atoms with Crippen molar-refractivity contribution in [2.45, 2.75) is 51.6 Å². The lowest BCUT2D eigenvalue weighted by atomic mass is 9.85. The van der Waals surface area contributed by atoms with Gasteiger partial charge < -0.3 is 0 Å². The molecule has 1 aliphatic carbocycles. The lowest BCUT2D eigenvalue weighted by molar-refractivity contribution is -0.120. The average Bonchev–Trinajstić information content (AvgIpc) is 2.25. The lowest BCUT2D eigenvalue weighted by Crippen LogP contribution is -2.19. The highest BCUT2D eigenvalue weighted by Crippen LogP contribution is 2.30. The van der Waals surface area contributed by atoms with Gasteiger partial charge in [-0.2, -0.15) is 13.2 Å². The summed E-state index contributed by atoms with van der Waals surface area (Å²) in [5.74, 6) is -0.522. The van der Waals surface area contributed by atoms with Gasteiger partial charge in [0.15, 0.2) is 5.78 Å². The number of halogens is 3. The number of carbonyl (C=O) groups excluding carboxylic acids is 1. The Bertz CT molecular complexity index is 272. The second-order valence-corrected chi connectivity index (χ2v) is 4.26. The number of carbonyl (C=O) groups is 1. The highest BCUT2D eigenvalue weighted by Gasteiger charge is 2.33. The Morgan fingerprint density at radius 2 is 1.81 bits per heavy atom. The van der Waals surface area contributed by atoms with Crippen LogP contribution in [0.5, 0.6) is 0 Å². The first kappa shape index (κ1) is 13.3. The first-order valence-corrected chi connectivity index (χ1v) is 5.76. The normalized spacial score (nSPS) is 19.9. The number of ketones is 1. The van der Waals surface area contributed by atoms with E-state index in [1.165, 1.54) is 6.92 Å². The average molecular weight is 234 g/mol. The molecule has 0 atom stereocenters. The Kier molecular flexibility index (Phi) is 4.56. The number of hydrogen-bond acceptors (Lipinski definition) is 1. The highest BCUT2D eigenvalue weighted by atomic mass is 19.4. The van der Waals surface area contributed by atoms with E-state index in [1.54, 1.807) is 0 Å². The maximum Gasteiger partial charge on any atom is 0.412 e. The molecule has 0 bridgehead atoms. The molecule has 1 nitrogen and oxygen atoms in total. The van der Waals surface area contributed by atoms with Gasteiger partial charge in [-0.15, -0.1) is 0 Å².